The van der Waals surface area contributed by atoms with Crippen LogP contribution in [0.15, 0.2) is 12.1 Å². The van der Waals surface area contributed by atoms with E-state index >= 15 is 0 Å². The Bertz CT molecular complexity index is 466. The second-order valence-electron chi connectivity index (χ2n) is 4.68. The molecule has 1 aromatic heterocycles. The van der Waals surface area contributed by atoms with Gasteiger partial charge in [-0.1, -0.05) is 0 Å². The third kappa shape index (κ3) is 3.40. The van der Waals surface area contributed by atoms with Crippen molar-refractivity contribution in [1.29, 1.82) is 0 Å². The topological polar surface area (TPSA) is 109 Å². The van der Waals surface area contributed by atoms with Crippen molar-refractivity contribution in [3.63, 3.8) is 0 Å². The van der Waals surface area contributed by atoms with E-state index in [1.54, 1.807) is 6.07 Å². The Labute approximate surface area is 110 Å². The van der Waals surface area contributed by atoms with Gasteiger partial charge in [0.15, 0.2) is 11.5 Å². The zero-order valence-corrected chi connectivity index (χ0v) is 10.5. The summed E-state index contributed by atoms with van der Waals surface area (Å²) in [6.45, 7) is 1.55. The van der Waals surface area contributed by atoms with E-state index in [4.69, 9.17) is 10.8 Å². The van der Waals surface area contributed by atoms with Crippen LogP contribution in [0.3, 0.4) is 0 Å². The summed E-state index contributed by atoms with van der Waals surface area (Å²) in [5, 5.41) is 16.3. The Morgan fingerprint density at radius 1 is 1.32 bits per heavy atom. The summed E-state index contributed by atoms with van der Waals surface area (Å²) >= 11 is 0. The van der Waals surface area contributed by atoms with E-state index in [-0.39, 0.29) is 11.6 Å². The maximum absolute atomic E-state index is 10.9. The van der Waals surface area contributed by atoms with Crippen molar-refractivity contribution in [3.8, 4) is 0 Å². The number of carbonyl (C=O) groups excluding carboxylic acids is 1. The number of amides is 1. The molecule has 1 aliphatic rings. The summed E-state index contributed by atoms with van der Waals surface area (Å²) in [6.07, 6.45) is 2.19. The zero-order chi connectivity index (χ0) is 13.8. The summed E-state index contributed by atoms with van der Waals surface area (Å²) in [5.41, 5.74) is 5.12. The minimum absolute atomic E-state index is 0.0626. The van der Waals surface area contributed by atoms with Crippen LogP contribution in [-0.2, 0) is 4.79 Å². The van der Waals surface area contributed by atoms with Crippen molar-refractivity contribution >= 4 is 17.7 Å². The van der Waals surface area contributed by atoms with Crippen molar-refractivity contribution in [2.24, 2.45) is 11.7 Å². The van der Waals surface area contributed by atoms with Gasteiger partial charge in [-0.25, -0.2) is 4.79 Å². The van der Waals surface area contributed by atoms with Crippen LogP contribution in [0, 0.1) is 5.92 Å². The summed E-state index contributed by atoms with van der Waals surface area (Å²) in [7, 11) is 0. The van der Waals surface area contributed by atoms with Crippen molar-refractivity contribution in [3.05, 3.63) is 17.8 Å². The van der Waals surface area contributed by atoms with E-state index < -0.39 is 5.97 Å². The van der Waals surface area contributed by atoms with Crippen LogP contribution in [0.1, 0.15) is 29.8 Å². The van der Waals surface area contributed by atoms with Gasteiger partial charge in [0.1, 0.15) is 0 Å². The van der Waals surface area contributed by atoms with Gasteiger partial charge in [-0.3, -0.25) is 4.79 Å². The first kappa shape index (κ1) is 13.3. The average molecular weight is 264 g/mol. The summed E-state index contributed by atoms with van der Waals surface area (Å²) in [6, 6.07) is 3.10. The number of aromatic nitrogens is 2. The number of aromatic carboxylic acids is 1. The molecule has 0 radical (unpaired) electrons. The lowest BCUT2D eigenvalue weighted by Gasteiger charge is -2.31. The Kier molecular flexibility index (Phi) is 3.94. The van der Waals surface area contributed by atoms with E-state index in [0.717, 1.165) is 25.9 Å². The molecule has 1 amide bonds. The van der Waals surface area contributed by atoms with Gasteiger partial charge < -0.3 is 15.7 Å². The van der Waals surface area contributed by atoms with Gasteiger partial charge in [0.05, 0.1) is 0 Å². The van der Waals surface area contributed by atoms with Crippen molar-refractivity contribution in [2.75, 3.05) is 18.0 Å². The summed E-state index contributed by atoms with van der Waals surface area (Å²) in [5.74, 6) is -0.342. The van der Waals surface area contributed by atoms with Gasteiger partial charge in [0, 0.05) is 19.5 Å². The standard InChI is InChI=1S/C12H16N4O3/c13-10(17)7-8-3-5-16(6-4-8)11-2-1-9(12(18)19)14-15-11/h1-2,8H,3-7H2,(H2,13,17)(H,18,19). The largest absolute Gasteiger partial charge is 0.476 e. The van der Waals surface area contributed by atoms with Crippen LogP contribution in [0.4, 0.5) is 5.82 Å². The van der Waals surface area contributed by atoms with Gasteiger partial charge in [-0.2, -0.15) is 0 Å². The van der Waals surface area contributed by atoms with E-state index in [9.17, 15) is 9.59 Å². The Morgan fingerprint density at radius 2 is 2.00 bits per heavy atom. The molecule has 1 fully saturated rings. The van der Waals surface area contributed by atoms with Crippen molar-refractivity contribution < 1.29 is 14.7 Å². The third-order valence-electron chi connectivity index (χ3n) is 3.30. The molecule has 0 atom stereocenters. The molecule has 102 valence electrons. The highest BCUT2D eigenvalue weighted by Crippen LogP contribution is 2.23. The Hall–Kier alpha value is -2.18. The van der Waals surface area contributed by atoms with Crippen LogP contribution in [0.25, 0.3) is 0 Å². The molecule has 1 aliphatic heterocycles. The molecule has 0 unspecified atom stereocenters. The van der Waals surface area contributed by atoms with Gasteiger partial charge in [-0.15, -0.1) is 10.2 Å². The van der Waals surface area contributed by atoms with Crippen LogP contribution in [-0.4, -0.2) is 40.3 Å². The number of primary amides is 1. The summed E-state index contributed by atoms with van der Waals surface area (Å²) < 4.78 is 0. The van der Waals surface area contributed by atoms with E-state index in [0.29, 0.717) is 18.2 Å². The highest BCUT2D eigenvalue weighted by molar-refractivity contribution is 5.85. The predicted octanol–water partition coefficient (Wildman–Crippen LogP) is 0.267. The molecule has 0 spiro atoms. The normalized spacial score (nSPS) is 16.3. The average Bonchev–Trinajstić information content (AvgIpc) is 2.39. The molecular weight excluding hydrogens is 248 g/mol. The van der Waals surface area contributed by atoms with Crippen LogP contribution >= 0.6 is 0 Å². The van der Waals surface area contributed by atoms with Crippen LogP contribution in [0.5, 0.6) is 0 Å². The highest BCUT2D eigenvalue weighted by Gasteiger charge is 2.21. The maximum Gasteiger partial charge on any atom is 0.356 e. The molecule has 0 aromatic carbocycles. The molecule has 0 bridgehead atoms. The molecule has 19 heavy (non-hydrogen) atoms. The third-order valence-corrected chi connectivity index (χ3v) is 3.30. The Morgan fingerprint density at radius 3 is 2.47 bits per heavy atom. The minimum atomic E-state index is -1.08. The number of carboxylic acids is 1. The van der Waals surface area contributed by atoms with Gasteiger partial charge in [0.25, 0.3) is 0 Å². The maximum atomic E-state index is 10.9. The molecule has 7 heteroatoms. The van der Waals surface area contributed by atoms with Crippen LogP contribution in [0.2, 0.25) is 0 Å². The lowest BCUT2D eigenvalue weighted by Crippen LogP contribution is -2.35. The SMILES string of the molecule is NC(=O)CC1CCN(c2ccc(C(=O)O)nn2)CC1. The number of anilines is 1. The van der Waals surface area contributed by atoms with Crippen molar-refractivity contribution in [2.45, 2.75) is 19.3 Å². The fourth-order valence-corrected chi connectivity index (χ4v) is 2.26. The van der Waals surface area contributed by atoms with E-state index in [1.807, 2.05) is 4.90 Å². The molecule has 2 heterocycles. The molecule has 0 aliphatic carbocycles. The first-order chi connectivity index (χ1) is 9.06. The number of nitrogens with two attached hydrogens (primary N) is 1. The van der Waals surface area contributed by atoms with Gasteiger partial charge in [-0.05, 0) is 30.9 Å². The fourth-order valence-electron chi connectivity index (χ4n) is 2.26. The van der Waals surface area contributed by atoms with Gasteiger partial charge in [0.2, 0.25) is 5.91 Å². The van der Waals surface area contributed by atoms with E-state index in [2.05, 4.69) is 10.2 Å². The number of hydrogen-bond donors (Lipinski definition) is 2. The second kappa shape index (κ2) is 5.64. The van der Waals surface area contributed by atoms with Gasteiger partial charge >= 0.3 is 5.97 Å². The van der Waals surface area contributed by atoms with E-state index in [1.165, 1.54) is 6.07 Å². The first-order valence-corrected chi connectivity index (χ1v) is 6.16. The first-order valence-electron chi connectivity index (χ1n) is 6.16. The lowest BCUT2D eigenvalue weighted by atomic mass is 9.93. The number of nitrogens with zero attached hydrogens (tertiary/aromatic N) is 3. The number of carboxylic acid groups (broad SMARTS) is 1. The molecule has 2 rings (SSSR count). The quantitative estimate of drug-likeness (QED) is 0.807. The number of hydrogen-bond acceptors (Lipinski definition) is 5. The second-order valence-corrected chi connectivity index (χ2v) is 4.68. The Balaban J connectivity index is 1.94. The monoisotopic (exact) mass is 264 g/mol. The van der Waals surface area contributed by atoms with Crippen LogP contribution < -0.4 is 10.6 Å². The zero-order valence-electron chi connectivity index (χ0n) is 10.5. The van der Waals surface area contributed by atoms with Crippen molar-refractivity contribution in [1.82, 2.24) is 10.2 Å². The molecule has 7 nitrogen and oxygen atoms in total. The smallest absolute Gasteiger partial charge is 0.356 e. The molecular formula is C12H16N4O3. The number of rotatable bonds is 4. The highest BCUT2D eigenvalue weighted by atomic mass is 16.4. The lowest BCUT2D eigenvalue weighted by molar-refractivity contribution is -0.119. The fraction of sp³-hybridized carbons (Fsp3) is 0.500. The molecule has 0 saturated carbocycles. The molecule has 3 N–H and O–H groups in total. The summed E-state index contributed by atoms with van der Waals surface area (Å²) in [4.78, 5) is 23.6. The minimum Gasteiger partial charge on any atom is -0.476 e. The molecule has 1 aromatic rings. The number of carbonyl (C=O) groups is 2. The predicted molar refractivity (Wildman–Crippen MR) is 67.7 cm³/mol. The number of piperidine rings is 1. The molecule has 1 saturated heterocycles.